The van der Waals surface area contributed by atoms with E-state index in [4.69, 9.17) is 0 Å². The molecule has 0 aromatic carbocycles. The Morgan fingerprint density at radius 2 is 2.41 bits per heavy atom. The van der Waals surface area contributed by atoms with Crippen LogP contribution in [0.5, 0.6) is 0 Å². The van der Waals surface area contributed by atoms with Crippen molar-refractivity contribution in [2.45, 2.75) is 25.4 Å². The summed E-state index contributed by atoms with van der Waals surface area (Å²) in [4.78, 5) is 22.4. The van der Waals surface area contributed by atoms with E-state index in [9.17, 15) is 14.9 Å². The quantitative estimate of drug-likeness (QED) is 0.621. The molecular weight excluding hydrogens is 242 g/mol. The molecule has 92 valence electrons. The standard InChI is InChI=1S/C10H13N3O3S/c14-10-8(2-1-5-11-10)12-6-7-3-4-9(17-7)13(15)16/h3-4,8,12H,1-2,5-6H2,(H,11,14). The van der Waals surface area contributed by atoms with Gasteiger partial charge in [-0.1, -0.05) is 11.3 Å². The van der Waals surface area contributed by atoms with E-state index in [2.05, 4.69) is 10.6 Å². The second-order valence-corrected chi connectivity index (χ2v) is 5.01. The zero-order valence-electron chi connectivity index (χ0n) is 9.14. The molecule has 1 aliphatic rings. The van der Waals surface area contributed by atoms with Crippen molar-refractivity contribution in [1.82, 2.24) is 10.6 Å². The first-order chi connectivity index (χ1) is 8.16. The normalized spacial score (nSPS) is 20.0. The van der Waals surface area contributed by atoms with Crippen LogP contribution in [0.2, 0.25) is 0 Å². The molecule has 17 heavy (non-hydrogen) atoms. The first-order valence-electron chi connectivity index (χ1n) is 5.41. The van der Waals surface area contributed by atoms with Crippen molar-refractivity contribution in [2.75, 3.05) is 6.54 Å². The average Bonchev–Trinajstić information content (AvgIpc) is 2.77. The lowest BCUT2D eigenvalue weighted by Crippen LogP contribution is -2.47. The third-order valence-corrected chi connectivity index (χ3v) is 3.67. The van der Waals surface area contributed by atoms with Crippen LogP contribution in [0, 0.1) is 10.1 Å². The van der Waals surface area contributed by atoms with Gasteiger partial charge in [-0.3, -0.25) is 14.9 Å². The Kier molecular flexibility index (Phi) is 3.70. The SMILES string of the molecule is O=C1NCCCC1NCc1ccc([N+](=O)[O-])s1. The molecule has 2 heterocycles. The highest BCUT2D eigenvalue weighted by atomic mass is 32.1. The lowest BCUT2D eigenvalue weighted by atomic mass is 10.1. The summed E-state index contributed by atoms with van der Waals surface area (Å²) in [6, 6.07) is 3.03. The maximum absolute atomic E-state index is 11.5. The molecule has 1 aliphatic heterocycles. The fourth-order valence-electron chi connectivity index (χ4n) is 1.75. The zero-order valence-corrected chi connectivity index (χ0v) is 9.96. The second kappa shape index (κ2) is 5.24. The van der Waals surface area contributed by atoms with Crippen LogP contribution in [0.3, 0.4) is 0 Å². The summed E-state index contributed by atoms with van der Waals surface area (Å²) >= 11 is 1.14. The van der Waals surface area contributed by atoms with E-state index < -0.39 is 4.92 Å². The number of carbonyl (C=O) groups is 1. The van der Waals surface area contributed by atoms with E-state index in [0.29, 0.717) is 6.54 Å². The van der Waals surface area contributed by atoms with Crippen molar-refractivity contribution in [3.8, 4) is 0 Å². The minimum absolute atomic E-state index is 0.0160. The van der Waals surface area contributed by atoms with E-state index in [1.165, 1.54) is 6.07 Å². The minimum atomic E-state index is -0.401. The van der Waals surface area contributed by atoms with Crippen molar-refractivity contribution >= 4 is 22.2 Å². The summed E-state index contributed by atoms with van der Waals surface area (Å²) in [6.07, 6.45) is 1.79. The second-order valence-electron chi connectivity index (χ2n) is 3.86. The number of hydrogen-bond acceptors (Lipinski definition) is 5. The Morgan fingerprint density at radius 3 is 3.06 bits per heavy atom. The average molecular weight is 255 g/mol. The molecule has 1 saturated heterocycles. The van der Waals surface area contributed by atoms with Crippen molar-refractivity contribution in [3.05, 3.63) is 27.1 Å². The zero-order chi connectivity index (χ0) is 12.3. The lowest BCUT2D eigenvalue weighted by molar-refractivity contribution is -0.380. The van der Waals surface area contributed by atoms with Gasteiger partial charge in [0.2, 0.25) is 5.91 Å². The number of carbonyl (C=O) groups excluding carboxylic acids is 1. The van der Waals surface area contributed by atoms with E-state index in [1.807, 2.05) is 0 Å². The number of amides is 1. The van der Waals surface area contributed by atoms with E-state index in [1.54, 1.807) is 6.07 Å². The first kappa shape index (κ1) is 12.0. The van der Waals surface area contributed by atoms with Gasteiger partial charge in [-0.05, 0) is 18.9 Å². The van der Waals surface area contributed by atoms with Crippen LogP contribution >= 0.6 is 11.3 Å². The number of nitro groups is 1. The highest BCUT2D eigenvalue weighted by Crippen LogP contribution is 2.23. The summed E-state index contributed by atoms with van der Waals surface area (Å²) in [5.74, 6) is 0.0160. The molecule has 0 radical (unpaired) electrons. The van der Waals surface area contributed by atoms with Crippen molar-refractivity contribution in [2.24, 2.45) is 0 Å². The van der Waals surface area contributed by atoms with Gasteiger partial charge in [0, 0.05) is 24.0 Å². The van der Waals surface area contributed by atoms with Crippen LogP contribution < -0.4 is 10.6 Å². The molecule has 1 atom stereocenters. The molecule has 1 fully saturated rings. The van der Waals surface area contributed by atoms with Gasteiger partial charge in [0.15, 0.2) is 0 Å². The highest BCUT2D eigenvalue weighted by Gasteiger charge is 2.21. The Hall–Kier alpha value is -1.47. The molecule has 0 aliphatic carbocycles. The summed E-state index contributed by atoms with van der Waals surface area (Å²) in [5, 5.41) is 16.5. The Labute approximate surface area is 102 Å². The van der Waals surface area contributed by atoms with E-state index in [0.717, 1.165) is 35.6 Å². The number of hydrogen-bond donors (Lipinski definition) is 2. The van der Waals surface area contributed by atoms with Gasteiger partial charge in [0.1, 0.15) is 0 Å². The summed E-state index contributed by atoms with van der Waals surface area (Å²) in [6.45, 7) is 1.23. The molecule has 1 amide bonds. The van der Waals surface area contributed by atoms with Gasteiger partial charge in [-0.2, -0.15) is 0 Å². The van der Waals surface area contributed by atoms with Gasteiger partial charge in [-0.15, -0.1) is 0 Å². The van der Waals surface area contributed by atoms with Gasteiger partial charge < -0.3 is 10.6 Å². The van der Waals surface area contributed by atoms with Crippen molar-refractivity contribution < 1.29 is 9.72 Å². The molecule has 1 unspecified atom stereocenters. The molecule has 0 bridgehead atoms. The Morgan fingerprint density at radius 1 is 1.59 bits per heavy atom. The molecule has 0 saturated carbocycles. The number of nitrogens with one attached hydrogen (secondary N) is 2. The summed E-state index contributed by atoms with van der Waals surface area (Å²) in [5.41, 5.74) is 0. The van der Waals surface area contributed by atoms with Gasteiger partial charge >= 0.3 is 5.00 Å². The molecule has 0 spiro atoms. The van der Waals surface area contributed by atoms with Gasteiger partial charge in [0.05, 0.1) is 11.0 Å². The highest BCUT2D eigenvalue weighted by molar-refractivity contribution is 7.15. The first-order valence-corrected chi connectivity index (χ1v) is 6.22. The van der Waals surface area contributed by atoms with Crippen LogP contribution in [0.4, 0.5) is 5.00 Å². The van der Waals surface area contributed by atoms with Crippen molar-refractivity contribution in [1.29, 1.82) is 0 Å². The van der Waals surface area contributed by atoms with Crippen LogP contribution in [-0.2, 0) is 11.3 Å². The number of piperidine rings is 1. The smallest absolute Gasteiger partial charge is 0.324 e. The number of rotatable bonds is 4. The molecular formula is C10H13N3O3S. The number of thiophene rings is 1. The monoisotopic (exact) mass is 255 g/mol. The lowest BCUT2D eigenvalue weighted by Gasteiger charge is -2.22. The third-order valence-electron chi connectivity index (χ3n) is 2.64. The summed E-state index contributed by atoms with van der Waals surface area (Å²) in [7, 11) is 0. The molecule has 2 N–H and O–H groups in total. The number of nitrogens with zero attached hydrogens (tertiary/aromatic N) is 1. The Balaban J connectivity index is 1.88. The fraction of sp³-hybridized carbons (Fsp3) is 0.500. The van der Waals surface area contributed by atoms with Gasteiger partial charge in [0.25, 0.3) is 0 Å². The molecule has 1 aromatic heterocycles. The van der Waals surface area contributed by atoms with Crippen LogP contribution in [0.25, 0.3) is 0 Å². The largest absolute Gasteiger partial charge is 0.355 e. The molecule has 1 aromatic rings. The molecule has 6 nitrogen and oxygen atoms in total. The van der Waals surface area contributed by atoms with Crippen molar-refractivity contribution in [3.63, 3.8) is 0 Å². The Bertz CT molecular complexity index is 432. The van der Waals surface area contributed by atoms with Crippen LogP contribution in [0.15, 0.2) is 12.1 Å². The maximum atomic E-state index is 11.5. The third kappa shape index (κ3) is 3.01. The van der Waals surface area contributed by atoms with E-state index >= 15 is 0 Å². The van der Waals surface area contributed by atoms with Crippen LogP contribution in [-0.4, -0.2) is 23.4 Å². The van der Waals surface area contributed by atoms with Gasteiger partial charge in [-0.25, -0.2) is 0 Å². The predicted octanol–water partition coefficient (Wildman–Crippen LogP) is 1.02. The summed E-state index contributed by atoms with van der Waals surface area (Å²) < 4.78 is 0. The maximum Gasteiger partial charge on any atom is 0.324 e. The molecule has 7 heteroatoms. The predicted molar refractivity (Wildman–Crippen MR) is 63.8 cm³/mol. The van der Waals surface area contributed by atoms with E-state index in [-0.39, 0.29) is 17.0 Å². The topological polar surface area (TPSA) is 84.3 Å². The fourth-order valence-corrected chi connectivity index (χ4v) is 2.52. The molecule has 2 rings (SSSR count). The van der Waals surface area contributed by atoms with Crippen LogP contribution in [0.1, 0.15) is 17.7 Å². The minimum Gasteiger partial charge on any atom is -0.355 e.